The van der Waals surface area contributed by atoms with E-state index in [1.54, 1.807) is 30.2 Å². The van der Waals surface area contributed by atoms with Crippen LogP contribution < -0.4 is 19.3 Å². The Hall–Kier alpha value is -4.33. The third-order valence-corrected chi connectivity index (χ3v) is 6.85. The first-order chi connectivity index (χ1) is 17.9. The molecule has 0 radical (unpaired) electrons. The summed E-state index contributed by atoms with van der Waals surface area (Å²) in [6.45, 7) is 4.57. The highest BCUT2D eigenvalue weighted by molar-refractivity contribution is 6.01. The van der Waals surface area contributed by atoms with Gasteiger partial charge in [0.1, 0.15) is 11.5 Å². The second kappa shape index (κ2) is 10.3. The monoisotopic (exact) mass is 499 g/mol. The largest absolute Gasteiger partial charge is 0.497 e. The summed E-state index contributed by atoms with van der Waals surface area (Å²) in [6.07, 6.45) is 0. The van der Waals surface area contributed by atoms with Gasteiger partial charge in [-0.25, -0.2) is 0 Å². The van der Waals surface area contributed by atoms with Crippen molar-refractivity contribution in [3.63, 3.8) is 0 Å². The molecule has 0 aliphatic carbocycles. The maximum Gasteiger partial charge on any atom is 0.265 e. The average Bonchev–Trinajstić information content (AvgIpc) is 2.94. The molecule has 0 aromatic heterocycles. The Bertz CT molecular complexity index is 1310. The number of piperazine rings is 1. The third kappa shape index (κ3) is 5.14. The number of Topliss-reactive ketones (excluding diaryl/α,β-unsaturated/α-hetero) is 1. The predicted molar refractivity (Wildman–Crippen MR) is 141 cm³/mol. The number of hydrogen-bond acceptors (Lipinski definition) is 6. The predicted octanol–water partition coefficient (Wildman–Crippen LogP) is 3.79. The van der Waals surface area contributed by atoms with Crippen molar-refractivity contribution >= 4 is 29.0 Å². The van der Waals surface area contributed by atoms with Crippen molar-refractivity contribution in [3.8, 4) is 11.5 Å². The summed E-state index contributed by atoms with van der Waals surface area (Å²) in [5.74, 6) is 1.14. The van der Waals surface area contributed by atoms with E-state index in [1.807, 2.05) is 53.4 Å². The van der Waals surface area contributed by atoms with Crippen molar-refractivity contribution in [2.24, 2.45) is 0 Å². The molecule has 1 saturated heterocycles. The number of carbonyl (C=O) groups is 3. The van der Waals surface area contributed by atoms with Crippen LogP contribution in [0, 0.1) is 0 Å². The van der Waals surface area contributed by atoms with Gasteiger partial charge in [-0.1, -0.05) is 12.1 Å². The Kier molecular flexibility index (Phi) is 6.81. The zero-order chi connectivity index (χ0) is 25.9. The SMILES string of the molecule is COc1ccc(N2CCN(C(=O)c3ccc(CN4C(=O)COc5ccc(C(C)=O)cc54)cc3)CC2)cc1. The molecular weight excluding hydrogens is 470 g/mol. The Morgan fingerprint density at radius 2 is 1.57 bits per heavy atom. The van der Waals surface area contributed by atoms with E-state index in [0.717, 1.165) is 30.1 Å². The van der Waals surface area contributed by atoms with Crippen molar-refractivity contribution in [3.05, 3.63) is 83.4 Å². The zero-order valence-corrected chi connectivity index (χ0v) is 21.0. The molecule has 2 aliphatic rings. The van der Waals surface area contributed by atoms with Crippen LogP contribution in [0.25, 0.3) is 0 Å². The maximum atomic E-state index is 13.1. The normalized spacial score (nSPS) is 15.2. The van der Waals surface area contributed by atoms with Gasteiger partial charge in [0.25, 0.3) is 11.8 Å². The quantitative estimate of drug-likeness (QED) is 0.481. The zero-order valence-electron chi connectivity index (χ0n) is 21.0. The summed E-state index contributed by atoms with van der Waals surface area (Å²) in [5, 5.41) is 0. The molecule has 0 spiro atoms. The molecule has 0 atom stereocenters. The number of rotatable bonds is 6. The minimum Gasteiger partial charge on any atom is -0.497 e. The minimum atomic E-state index is -0.178. The van der Waals surface area contributed by atoms with Gasteiger partial charge in [0, 0.05) is 43.0 Å². The summed E-state index contributed by atoms with van der Waals surface area (Å²) in [7, 11) is 1.65. The first-order valence-corrected chi connectivity index (χ1v) is 12.3. The van der Waals surface area contributed by atoms with E-state index in [2.05, 4.69) is 4.90 Å². The van der Waals surface area contributed by atoms with Crippen LogP contribution in [-0.4, -0.2) is 62.4 Å². The van der Waals surface area contributed by atoms with Gasteiger partial charge in [-0.3, -0.25) is 14.4 Å². The van der Waals surface area contributed by atoms with Gasteiger partial charge < -0.3 is 24.2 Å². The lowest BCUT2D eigenvalue weighted by molar-refractivity contribution is -0.121. The van der Waals surface area contributed by atoms with Crippen LogP contribution in [0.1, 0.15) is 33.2 Å². The molecule has 8 heteroatoms. The second-order valence-electron chi connectivity index (χ2n) is 9.18. The Morgan fingerprint density at radius 1 is 0.892 bits per heavy atom. The van der Waals surface area contributed by atoms with Crippen LogP contribution in [0.15, 0.2) is 66.7 Å². The number of carbonyl (C=O) groups excluding carboxylic acids is 3. The number of benzene rings is 3. The molecule has 0 saturated carbocycles. The molecule has 2 aliphatic heterocycles. The molecule has 3 aromatic rings. The molecule has 2 amide bonds. The topological polar surface area (TPSA) is 79.4 Å². The first-order valence-electron chi connectivity index (χ1n) is 12.3. The summed E-state index contributed by atoms with van der Waals surface area (Å²) < 4.78 is 10.8. The lowest BCUT2D eigenvalue weighted by Crippen LogP contribution is -2.48. The molecule has 2 heterocycles. The van der Waals surface area contributed by atoms with E-state index >= 15 is 0 Å². The number of hydrogen-bond donors (Lipinski definition) is 0. The Labute approximate surface area is 216 Å². The second-order valence-corrected chi connectivity index (χ2v) is 9.18. The molecule has 0 unspecified atom stereocenters. The van der Waals surface area contributed by atoms with Crippen LogP contribution >= 0.6 is 0 Å². The van der Waals surface area contributed by atoms with Crippen molar-refractivity contribution < 1.29 is 23.9 Å². The number of amides is 2. The highest BCUT2D eigenvalue weighted by Gasteiger charge is 2.27. The standard InChI is InChI=1S/C29H29N3O5/c1-20(33)23-7-12-27-26(17-23)32(28(34)19-37-27)18-21-3-5-22(6-4-21)29(35)31-15-13-30(14-16-31)24-8-10-25(36-2)11-9-24/h3-12,17H,13-16,18-19H2,1-2H3. The Morgan fingerprint density at radius 3 is 2.22 bits per heavy atom. The van der Waals surface area contributed by atoms with Crippen molar-refractivity contribution in [1.82, 2.24) is 4.90 Å². The van der Waals surface area contributed by atoms with E-state index in [0.29, 0.717) is 42.2 Å². The van der Waals surface area contributed by atoms with E-state index in [4.69, 9.17) is 9.47 Å². The van der Waals surface area contributed by atoms with Gasteiger partial charge in [-0.05, 0) is 67.1 Å². The van der Waals surface area contributed by atoms with Gasteiger partial charge >= 0.3 is 0 Å². The highest BCUT2D eigenvalue weighted by Crippen LogP contribution is 2.34. The van der Waals surface area contributed by atoms with Gasteiger partial charge in [0.15, 0.2) is 12.4 Å². The fourth-order valence-electron chi connectivity index (χ4n) is 4.67. The fraction of sp³-hybridized carbons (Fsp3) is 0.276. The molecule has 37 heavy (non-hydrogen) atoms. The molecule has 8 nitrogen and oxygen atoms in total. The molecule has 1 fully saturated rings. The summed E-state index contributed by atoms with van der Waals surface area (Å²) in [4.78, 5) is 43.4. The highest BCUT2D eigenvalue weighted by atomic mass is 16.5. The van der Waals surface area contributed by atoms with Gasteiger partial charge in [-0.2, -0.15) is 0 Å². The summed E-state index contributed by atoms with van der Waals surface area (Å²) in [5.41, 5.74) is 3.73. The number of anilines is 2. The third-order valence-electron chi connectivity index (χ3n) is 6.85. The lowest BCUT2D eigenvalue weighted by atomic mass is 10.1. The summed E-state index contributed by atoms with van der Waals surface area (Å²) >= 11 is 0. The van der Waals surface area contributed by atoms with E-state index < -0.39 is 0 Å². The van der Waals surface area contributed by atoms with Crippen LogP contribution in [0.5, 0.6) is 11.5 Å². The minimum absolute atomic E-state index is 0.000162. The molecular formula is C29H29N3O5. The van der Waals surface area contributed by atoms with E-state index in [-0.39, 0.29) is 24.2 Å². The van der Waals surface area contributed by atoms with E-state index in [9.17, 15) is 14.4 Å². The number of nitrogens with zero attached hydrogens (tertiary/aromatic N) is 3. The van der Waals surface area contributed by atoms with Crippen LogP contribution in [-0.2, 0) is 11.3 Å². The van der Waals surface area contributed by atoms with Gasteiger partial charge in [0.05, 0.1) is 19.3 Å². The van der Waals surface area contributed by atoms with Gasteiger partial charge in [-0.15, -0.1) is 0 Å². The molecule has 3 aromatic carbocycles. The summed E-state index contributed by atoms with van der Waals surface area (Å²) in [6, 6.07) is 20.4. The molecule has 5 rings (SSSR count). The van der Waals surface area contributed by atoms with Gasteiger partial charge in [0.2, 0.25) is 0 Å². The number of ketones is 1. The molecule has 0 bridgehead atoms. The smallest absolute Gasteiger partial charge is 0.265 e. The number of methoxy groups -OCH3 is 1. The van der Waals surface area contributed by atoms with Crippen molar-refractivity contribution in [1.29, 1.82) is 0 Å². The Balaban J connectivity index is 1.23. The number of ether oxygens (including phenoxy) is 2. The van der Waals surface area contributed by atoms with Crippen molar-refractivity contribution in [2.45, 2.75) is 13.5 Å². The van der Waals surface area contributed by atoms with Crippen LogP contribution in [0.2, 0.25) is 0 Å². The van der Waals surface area contributed by atoms with E-state index in [1.165, 1.54) is 6.92 Å². The number of fused-ring (bicyclic) bond motifs is 1. The fourth-order valence-corrected chi connectivity index (χ4v) is 4.67. The van der Waals surface area contributed by atoms with Crippen LogP contribution in [0.3, 0.4) is 0 Å². The molecule has 190 valence electrons. The molecule has 0 N–H and O–H groups in total. The average molecular weight is 500 g/mol. The van der Waals surface area contributed by atoms with Crippen LogP contribution in [0.4, 0.5) is 11.4 Å². The van der Waals surface area contributed by atoms with Crippen molar-refractivity contribution in [2.75, 3.05) is 49.7 Å². The lowest BCUT2D eigenvalue weighted by Gasteiger charge is -2.36. The first kappa shape index (κ1) is 24.4. The maximum absolute atomic E-state index is 13.1.